The van der Waals surface area contributed by atoms with Gasteiger partial charge < -0.3 is 10.2 Å². The van der Waals surface area contributed by atoms with Crippen molar-refractivity contribution in [1.29, 1.82) is 0 Å². The highest BCUT2D eigenvalue weighted by molar-refractivity contribution is 5.98. The largest absolute Gasteiger partial charge is 0.505 e. The lowest BCUT2D eigenvalue weighted by atomic mass is 10.1. The molecule has 0 spiro atoms. The first kappa shape index (κ1) is 13.1. The van der Waals surface area contributed by atoms with Gasteiger partial charge >= 0.3 is 5.97 Å². The zero-order chi connectivity index (χ0) is 15.0. The maximum atomic E-state index is 11.1. The summed E-state index contributed by atoms with van der Waals surface area (Å²) >= 11 is 0. The number of aromatic nitrogens is 2. The monoisotopic (exact) mass is 280 g/mol. The first-order valence-electron chi connectivity index (χ1n) is 6.37. The van der Waals surface area contributed by atoms with Gasteiger partial charge in [0.2, 0.25) is 0 Å². The molecule has 0 unspecified atom stereocenters. The van der Waals surface area contributed by atoms with Crippen molar-refractivity contribution < 1.29 is 15.0 Å². The highest BCUT2D eigenvalue weighted by Crippen LogP contribution is 2.30. The van der Waals surface area contributed by atoms with E-state index in [0.717, 1.165) is 11.3 Å². The van der Waals surface area contributed by atoms with Gasteiger partial charge in [-0.05, 0) is 19.1 Å². The van der Waals surface area contributed by atoms with Crippen LogP contribution in [0, 0.1) is 6.92 Å². The van der Waals surface area contributed by atoms with Gasteiger partial charge in [-0.15, -0.1) is 0 Å². The van der Waals surface area contributed by atoms with E-state index in [4.69, 9.17) is 5.11 Å². The number of aromatic hydroxyl groups is 1. The highest BCUT2D eigenvalue weighted by Gasteiger charge is 2.17. The van der Waals surface area contributed by atoms with E-state index in [9.17, 15) is 9.90 Å². The van der Waals surface area contributed by atoms with E-state index >= 15 is 0 Å². The number of aromatic carboxylic acids is 1. The van der Waals surface area contributed by atoms with Crippen LogP contribution in [0.5, 0.6) is 5.75 Å². The average molecular weight is 280 g/mol. The number of benzene rings is 1. The third kappa shape index (κ3) is 2.18. The number of rotatable bonds is 2. The van der Waals surface area contributed by atoms with Crippen LogP contribution in [0.15, 0.2) is 42.5 Å². The zero-order valence-electron chi connectivity index (χ0n) is 11.2. The van der Waals surface area contributed by atoms with Crippen molar-refractivity contribution in [3.8, 4) is 17.0 Å². The molecule has 5 nitrogen and oxygen atoms in total. The minimum Gasteiger partial charge on any atom is -0.505 e. The van der Waals surface area contributed by atoms with Crippen molar-refractivity contribution in [1.82, 2.24) is 9.97 Å². The second-order valence-corrected chi connectivity index (χ2v) is 4.66. The molecule has 2 N–H and O–H groups in total. The van der Waals surface area contributed by atoms with Gasteiger partial charge in [-0.3, -0.25) is 0 Å². The lowest BCUT2D eigenvalue weighted by molar-refractivity contribution is 0.0687. The predicted molar refractivity (Wildman–Crippen MR) is 78.3 cm³/mol. The summed E-state index contributed by atoms with van der Waals surface area (Å²) in [7, 11) is 0. The topological polar surface area (TPSA) is 83.3 Å². The van der Waals surface area contributed by atoms with Crippen molar-refractivity contribution in [3.63, 3.8) is 0 Å². The lowest BCUT2D eigenvalue weighted by Crippen LogP contribution is -2.04. The van der Waals surface area contributed by atoms with Crippen LogP contribution >= 0.6 is 0 Å². The summed E-state index contributed by atoms with van der Waals surface area (Å²) in [4.78, 5) is 19.5. The van der Waals surface area contributed by atoms with Crippen LogP contribution in [0.3, 0.4) is 0 Å². The Morgan fingerprint density at radius 1 is 1.05 bits per heavy atom. The summed E-state index contributed by atoms with van der Waals surface area (Å²) in [5, 5.41) is 19.5. The summed E-state index contributed by atoms with van der Waals surface area (Å²) in [6.45, 7) is 1.68. The SMILES string of the molecule is Cc1nc(C(=O)O)c(O)c2ccc(-c3ccccc3)nc12. The summed E-state index contributed by atoms with van der Waals surface area (Å²) in [5.74, 6) is -1.61. The first-order valence-corrected chi connectivity index (χ1v) is 6.37. The third-order valence-electron chi connectivity index (χ3n) is 3.27. The molecule has 0 saturated carbocycles. The fourth-order valence-electron chi connectivity index (χ4n) is 2.25. The first-order chi connectivity index (χ1) is 10.1. The molecule has 0 aliphatic heterocycles. The lowest BCUT2D eigenvalue weighted by Gasteiger charge is -2.08. The molecule has 0 fully saturated rings. The fraction of sp³-hybridized carbons (Fsp3) is 0.0625. The second-order valence-electron chi connectivity index (χ2n) is 4.66. The molecular weight excluding hydrogens is 268 g/mol. The van der Waals surface area contributed by atoms with Crippen molar-refractivity contribution in [2.45, 2.75) is 6.92 Å². The zero-order valence-corrected chi connectivity index (χ0v) is 11.2. The van der Waals surface area contributed by atoms with Crippen molar-refractivity contribution in [2.75, 3.05) is 0 Å². The van der Waals surface area contributed by atoms with Crippen LogP contribution < -0.4 is 0 Å². The number of carbonyl (C=O) groups is 1. The molecule has 0 aliphatic carbocycles. The Morgan fingerprint density at radius 2 is 1.76 bits per heavy atom. The Labute approximate surface area is 120 Å². The molecule has 0 atom stereocenters. The van der Waals surface area contributed by atoms with Crippen molar-refractivity contribution in [2.24, 2.45) is 0 Å². The third-order valence-corrected chi connectivity index (χ3v) is 3.27. The Bertz CT molecular complexity index is 845. The maximum absolute atomic E-state index is 11.1. The van der Waals surface area contributed by atoms with Crippen LogP contribution in [-0.4, -0.2) is 26.2 Å². The molecule has 21 heavy (non-hydrogen) atoms. The molecule has 0 bridgehead atoms. The molecule has 1 aromatic carbocycles. The molecule has 2 aromatic heterocycles. The number of carboxylic acid groups (broad SMARTS) is 1. The average Bonchev–Trinajstić information content (AvgIpc) is 2.51. The molecule has 5 heteroatoms. The molecule has 0 saturated heterocycles. The normalized spacial score (nSPS) is 10.7. The maximum Gasteiger partial charge on any atom is 0.358 e. The Hall–Kier alpha value is -2.95. The quantitative estimate of drug-likeness (QED) is 0.754. The van der Waals surface area contributed by atoms with Gasteiger partial charge in [0.15, 0.2) is 11.4 Å². The van der Waals surface area contributed by atoms with Gasteiger partial charge in [0.05, 0.1) is 16.9 Å². The van der Waals surface area contributed by atoms with Crippen LogP contribution in [0.25, 0.3) is 22.2 Å². The number of hydrogen-bond donors (Lipinski definition) is 2. The molecule has 0 radical (unpaired) electrons. The van der Waals surface area contributed by atoms with Crippen LogP contribution in [0.1, 0.15) is 16.2 Å². The second kappa shape index (κ2) is 4.86. The van der Waals surface area contributed by atoms with Gasteiger partial charge in [0, 0.05) is 10.9 Å². The molecule has 0 amide bonds. The summed E-state index contributed by atoms with van der Waals surface area (Å²) in [6, 6.07) is 13.0. The number of aryl methyl sites for hydroxylation is 1. The van der Waals surface area contributed by atoms with E-state index < -0.39 is 5.97 Å². The van der Waals surface area contributed by atoms with E-state index in [1.807, 2.05) is 30.3 Å². The van der Waals surface area contributed by atoms with Crippen LogP contribution in [0.2, 0.25) is 0 Å². The van der Waals surface area contributed by atoms with Gasteiger partial charge in [-0.25, -0.2) is 14.8 Å². The van der Waals surface area contributed by atoms with Gasteiger partial charge in [0.1, 0.15) is 0 Å². The Kier molecular flexibility index (Phi) is 3.02. The number of nitrogens with zero attached hydrogens (tertiary/aromatic N) is 2. The van der Waals surface area contributed by atoms with Gasteiger partial charge in [-0.1, -0.05) is 30.3 Å². The summed E-state index contributed by atoms with van der Waals surface area (Å²) in [6.07, 6.45) is 0. The molecule has 3 aromatic rings. The van der Waals surface area contributed by atoms with Crippen molar-refractivity contribution >= 4 is 16.9 Å². The number of carboxylic acids is 1. The van der Waals surface area contributed by atoms with Crippen molar-refractivity contribution in [3.05, 3.63) is 53.9 Å². The predicted octanol–water partition coefficient (Wildman–Crippen LogP) is 3.01. The minimum atomic E-state index is -1.26. The smallest absolute Gasteiger partial charge is 0.358 e. The fourth-order valence-corrected chi connectivity index (χ4v) is 2.25. The van der Waals surface area contributed by atoms with E-state index in [1.165, 1.54) is 0 Å². The standard InChI is InChI=1S/C16H12N2O3/c1-9-13-11(15(19)14(17-9)16(20)21)7-8-12(18-13)10-5-3-2-4-6-10/h2-8,19H,1H3,(H,20,21). The van der Waals surface area contributed by atoms with Gasteiger partial charge in [-0.2, -0.15) is 0 Å². The van der Waals surface area contributed by atoms with Gasteiger partial charge in [0.25, 0.3) is 0 Å². The number of fused-ring (bicyclic) bond motifs is 1. The number of hydrogen-bond acceptors (Lipinski definition) is 4. The van der Waals surface area contributed by atoms with E-state index in [1.54, 1.807) is 19.1 Å². The molecule has 2 heterocycles. The minimum absolute atomic E-state index is 0.352. The highest BCUT2D eigenvalue weighted by atomic mass is 16.4. The number of pyridine rings is 2. The summed E-state index contributed by atoms with van der Waals surface area (Å²) < 4.78 is 0. The Balaban J connectivity index is 2.26. The van der Waals surface area contributed by atoms with E-state index in [-0.39, 0.29) is 11.4 Å². The molecule has 104 valence electrons. The van der Waals surface area contributed by atoms with E-state index in [2.05, 4.69) is 9.97 Å². The van der Waals surface area contributed by atoms with E-state index in [0.29, 0.717) is 16.6 Å². The molecule has 3 rings (SSSR count). The van der Waals surface area contributed by atoms with Crippen LogP contribution in [-0.2, 0) is 0 Å². The van der Waals surface area contributed by atoms with Crippen LogP contribution in [0.4, 0.5) is 0 Å². The molecular formula is C16H12N2O3. The Morgan fingerprint density at radius 3 is 2.43 bits per heavy atom. The molecule has 0 aliphatic rings. The summed E-state index contributed by atoms with van der Waals surface area (Å²) in [5.41, 5.74) is 2.31.